The molecule has 0 bridgehead atoms. The summed E-state index contributed by atoms with van der Waals surface area (Å²) >= 11 is 5.53. The number of hydrogen-bond acceptors (Lipinski definition) is 6. The lowest BCUT2D eigenvalue weighted by atomic mass is 10.3. The summed E-state index contributed by atoms with van der Waals surface area (Å²) in [6.45, 7) is 0. The van der Waals surface area contributed by atoms with Gasteiger partial charge in [0.25, 0.3) is 0 Å². The van der Waals surface area contributed by atoms with Crippen LogP contribution < -0.4 is 16.6 Å². The van der Waals surface area contributed by atoms with Gasteiger partial charge in [0.2, 0.25) is 5.82 Å². The van der Waals surface area contributed by atoms with E-state index in [4.69, 9.17) is 5.84 Å². The third-order valence-corrected chi connectivity index (χ3v) is 3.76. The van der Waals surface area contributed by atoms with Gasteiger partial charge in [-0.3, -0.25) is 10.1 Å². The lowest BCUT2D eigenvalue weighted by Crippen LogP contribution is -2.10. The van der Waals surface area contributed by atoms with Crippen molar-refractivity contribution in [3.8, 4) is 0 Å². The first-order valence-corrected chi connectivity index (χ1v) is 7.22. The molecule has 20 heavy (non-hydrogen) atoms. The molecule has 104 valence electrons. The highest BCUT2D eigenvalue weighted by molar-refractivity contribution is 14.1. The average molecular weight is 450 g/mol. The normalized spacial score (nSPS) is 10.2. The Morgan fingerprint density at radius 2 is 2.10 bits per heavy atom. The molecule has 0 fully saturated rings. The van der Waals surface area contributed by atoms with E-state index in [1.54, 1.807) is 0 Å². The number of hydrogen-bond donors (Lipinski definition) is 3. The Hall–Kier alpha value is -1.46. The molecule has 0 radical (unpaired) electrons. The van der Waals surface area contributed by atoms with Gasteiger partial charge in [0, 0.05) is 14.1 Å². The number of rotatable bonds is 4. The Kier molecular flexibility index (Phi) is 4.73. The SMILES string of the molecule is NNc1ccc([N+](=O)[O-])c(Nc2cc(I)ccc2Br)n1. The summed E-state index contributed by atoms with van der Waals surface area (Å²) in [5.41, 5.74) is 2.91. The first-order chi connectivity index (χ1) is 9.51. The molecule has 0 spiro atoms. The summed E-state index contributed by atoms with van der Waals surface area (Å²) in [5.74, 6) is 5.72. The van der Waals surface area contributed by atoms with Crippen LogP contribution >= 0.6 is 38.5 Å². The van der Waals surface area contributed by atoms with Crippen molar-refractivity contribution in [3.05, 3.63) is 48.5 Å². The van der Waals surface area contributed by atoms with E-state index >= 15 is 0 Å². The highest BCUT2D eigenvalue weighted by Gasteiger charge is 2.17. The van der Waals surface area contributed by atoms with E-state index in [1.165, 1.54) is 12.1 Å². The number of nitrogens with two attached hydrogens (primary N) is 1. The van der Waals surface area contributed by atoms with Crippen LogP contribution in [0.2, 0.25) is 0 Å². The van der Waals surface area contributed by atoms with E-state index in [0.717, 1.165) is 8.04 Å². The Balaban J connectivity index is 2.45. The maximum absolute atomic E-state index is 11.0. The third-order valence-electron chi connectivity index (χ3n) is 2.40. The standard InChI is InChI=1S/C11H9BrIN5O2/c12-7-2-1-6(13)5-8(7)15-11-9(18(19)20)3-4-10(16-11)17-14/h1-5H,14H2,(H2,15,16,17). The minimum Gasteiger partial charge on any atom is -0.333 e. The predicted molar refractivity (Wildman–Crippen MR) is 88.8 cm³/mol. The topological polar surface area (TPSA) is 106 Å². The molecule has 2 rings (SSSR count). The molecular formula is C11H9BrIN5O2. The van der Waals surface area contributed by atoms with Crippen LogP contribution in [-0.4, -0.2) is 9.91 Å². The number of benzene rings is 1. The molecule has 0 atom stereocenters. The fourth-order valence-electron chi connectivity index (χ4n) is 1.49. The summed E-state index contributed by atoms with van der Waals surface area (Å²) < 4.78 is 1.77. The van der Waals surface area contributed by atoms with Crippen molar-refractivity contribution in [2.75, 3.05) is 10.7 Å². The van der Waals surface area contributed by atoms with Gasteiger partial charge in [-0.1, -0.05) is 0 Å². The number of anilines is 3. The number of hydrazine groups is 1. The predicted octanol–water partition coefficient (Wildman–Crippen LogP) is 3.39. The van der Waals surface area contributed by atoms with Crippen LogP contribution in [0.4, 0.5) is 23.0 Å². The smallest absolute Gasteiger partial charge is 0.311 e. The Morgan fingerprint density at radius 1 is 1.35 bits per heavy atom. The number of aromatic nitrogens is 1. The van der Waals surface area contributed by atoms with Gasteiger partial charge in [-0.15, -0.1) is 0 Å². The molecule has 0 saturated carbocycles. The van der Waals surface area contributed by atoms with E-state index in [-0.39, 0.29) is 11.5 Å². The molecule has 7 nitrogen and oxygen atoms in total. The van der Waals surface area contributed by atoms with Crippen LogP contribution in [0.5, 0.6) is 0 Å². The number of nitro groups is 1. The minimum atomic E-state index is -0.503. The van der Waals surface area contributed by atoms with Gasteiger partial charge < -0.3 is 10.7 Å². The first-order valence-electron chi connectivity index (χ1n) is 5.35. The fraction of sp³-hybridized carbons (Fsp3) is 0. The summed E-state index contributed by atoms with van der Waals surface area (Å²) in [7, 11) is 0. The maximum Gasteiger partial charge on any atom is 0.311 e. The van der Waals surface area contributed by atoms with Gasteiger partial charge in [0.1, 0.15) is 5.82 Å². The lowest BCUT2D eigenvalue weighted by Gasteiger charge is -2.10. The van der Waals surface area contributed by atoms with E-state index in [1.807, 2.05) is 18.2 Å². The van der Waals surface area contributed by atoms with Crippen molar-refractivity contribution < 1.29 is 4.92 Å². The molecule has 0 amide bonds. The number of nitrogens with one attached hydrogen (secondary N) is 2. The van der Waals surface area contributed by atoms with Gasteiger partial charge >= 0.3 is 5.69 Å². The van der Waals surface area contributed by atoms with Crippen molar-refractivity contribution in [2.24, 2.45) is 5.84 Å². The zero-order valence-corrected chi connectivity index (χ0v) is 13.7. The second-order valence-corrected chi connectivity index (χ2v) is 5.81. The molecule has 0 saturated heterocycles. The third kappa shape index (κ3) is 3.35. The summed E-state index contributed by atoms with van der Waals surface area (Å²) in [4.78, 5) is 14.6. The molecule has 0 aliphatic heterocycles. The van der Waals surface area contributed by atoms with Crippen LogP contribution in [-0.2, 0) is 0 Å². The molecule has 1 aromatic heterocycles. The fourth-order valence-corrected chi connectivity index (χ4v) is 2.33. The van der Waals surface area contributed by atoms with E-state index in [9.17, 15) is 10.1 Å². The molecule has 0 aliphatic rings. The molecule has 1 heterocycles. The van der Waals surface area contributed by atoms with Crippen LogP contribution in [0.15, 0.2) is 34.8 Å². The van der Waals surface area contributed by atoms with Crippen molar-refractivity contribution in [3.63, 3.8) is 0 Å². The van der Waals surface area contributed by atoms with Crippen molar-refractivity contribution in [1.29, 1.82) is 0 Å². The molecular weight excluding hydrogens is 441 g/mol. The molecule has 0 aliphatic carbocycles. The lowest BCUT2D eigenvalue weighted by molar-refractivity contribution is -0.384. The quantitative estimate of drug-likeness (QED) is 0.286. The van der Waals surface area contributed by atoms with Crippen LogP contribution in [0.1, 0.15) is 0 Å². The monoisotopic (exact) mass is 449 g/mol. The molecule has 2 aromatic rings. The molecule has 9 heteroatoms. The number of pyridine rings is 1. The molecule has 4 N–H and O–H groups in total. The van der Waals surface area contributed by atoms with Crippen LogP contribution in [0, 0.1) is 13.7 Å². The summed E-state index contributed by atoms with van der Waals surface area (Å²) in [6.07, 6.45) is 0. The Bertz CT molecular complexity index is 667. The first kappa shape index (κ1) is 14.9. The number of nitrogens with zero attached hydrogens (tertiary/aromatic N) is 2. The second kappa shape index (κ2) is 6.33. The number of nitrogen functional groups attached to an aromatic ring is 1. The van der Waals surface area contributed by atoms with Crippen molar-refractivity contribution >= 4 is 61.5 Å². The average Bonchev–Trinajstić information content (AvgIpc) is 2.42. The maximum atomic E-state index is 11.0. The Morgan fingerprint density at radius 3 is 2.75 bits per heavy atom. The van der Waals surface area contributed by atoms with E-state index < -0.39 is 4.92 Å². The zero-order chi connectivity index (χ0) is 14.7. The van der Waals surface area contributed by atoms with Gasteiger partial charge in [-0.05, 0) is 62.8 Å². The minimum absolute atomic E-state index is 0.119. The van der Waals surface area contributed by atoms with Crippen LogP contribution in [0.25, 0.3) is 0 Å². The molecule has 1 aromatic carbocycles. The van der Waals surface area contributed by atoms with E-state index in [0.29, 0.717) is 11.5 Å². The summed E-state index contributed by atoms with van der Waals surface area (Å²) in [5, 5.41) is 14.0. The summed E-state index contributed by atoms with van der Waals surface area (Å²) in [6, 6.07) is 8.38. The zero-order valence-electron chi connectivity index (χ0n) is 9.93. The molecule has 0 unspecified atom stereocenters. The Labute approximate surface area is 136 Å². The van der Waals surface area contributed by atoms with Gasteiger partial charge in [0.15, 0.2) is 0 Å². The van der Waals surface area contributed by atoms with Gasteiger partial charge in [-0.2, -0.15) is 0 Å². The highest BCUT2D eigenvalue weighted by Crippen LogP contribution is 2.31. The largest absolute Gasteiger partial charge is 0.333 e. The number of halogens is 2. The highest BCUT2D eigenvalue weighted by atomic mass is 127. The van der Waals surface area contributed by atoms with Gasteiger partial charge in [-0.25, -0.2) is 10.8 Å². The van der Waals surface area contributed by atoms with Crippen molar-refractivity contribution in [1.82, 2.24) is 4.98 Å². The van der Waals surface area contributed by atoms with Crippen LogP contribution in [0.3, 0.4) is 0 Å². The second-order valence-electron chi connectivity index (χ2n) is 3.71. The van der Waals surface area contributed by atoms with Crippen molar-refractivity contribution in [2.45, 2.75) is 0 Å². The van der Waals surface area contributed by atoms with Gasteiger partial charge in [0.05, 0.1) is 10.6 Å². The van der Waals surface area contributed by atoms with E-state index in [2.05, 4.69) is 54.2 Å².